The smallest absolute Gasteiger partial charge is 0.00408 e. The van der Waals surface area contributed by atoms with Crippen LogP contribution in [0.15, 0.2) is 0 Å². The van der Waals surface area contributed by atoms with Gasteiger partial charge in [0.15, 0.2) is 0 Å². The van der Waals surface area contributed by atoms with Gasteiger partial charge in [0.1, 0.15) is 0 Å². The molecule has 0 bridgehead atoms. The third kappa shape index (κ3) is 3.08. The van der Waals surface area contributed by atoms with E-state index in [1.54, 1.807) is 0 Å². The summed E-state index contributed by atoms with van der Waals surface area (Å²) >= 11 is 0. The molecule has 1 N–H and O–H groups in total. The van der Waals surface area contributed by atoms with Gasteiger partial charge in [-0.25, -0.2) is 0 Å². The van der Waals surface area contributed by atoms with Crippen molar-refractivity contribution in [3.8, 4) is 0 Å². The minimum Gasteiger partial charge on any atom is -0.316 e. The Morgan fingerprint density at radius 3 is 2.61 bits per heavy atom. The maximum absolute atomic E-state index is 3.63. The molecule has 0 radical (unpaired) electrons. The van der Waals surface area contributed by atoms with Gasteiger partial charge in [-0.15, -0.1) is 0 Å². The van der Waals surface area contributed by atoms with Crippen molar-refractivity contribution in [2.75, 3.05) is 32.7 Å². The molecule has 0 spiro atoms. The molecule has 1 aliphatic heterocycles. The molecule has 18 heavy (non-hydrogen) atoms. The Bertz CT molecular complexity index is 279. The molecular formula is C16H30N2. The van der Waals surface area contributed by atoms with Crippen molar-refractivity contribution in [3.05, 3.63) is 0 Å². The van der Waals surface area contributed by atoms with E-state index >= 15 is 0 Å². The molecule has 2 aliphatic carbocycles. The Kier molecular flexibility index (Phi) is 3.68. The zero-order valence-electron chi connectivity index (χ0n) is 12.3. The van der Waals surface area contributed by atoms with Crippen molar-refractivity contribution in [1.82, 2.24) is 10.2 Å². The molecule has 0 amide bonds. The van der Waals surface area contributed by atoms with Crippen LogP contribution in [0.4, 0.5) is 0 Å². The fraction of sp³-hybridized carbons (Fsp3) is 1.00. The summed E-state index contributed by atoms with van der Waals surface area (Å²) in [6.45, 7) is 11.2. The summed E-state index contributed by atoms with van der Waals surface area (Å²) in [7, 11) is 0. The summed E-state index contributed by atoms with van der Waals surface area (Å²) in [4.78, 5) is 2.77. The molecule has 0 aromatic rings. The van der Waals surface area contributed by atoms with E-state index in [0.29, 0.717) is 0 Å². The van der Waals surface area contributed by atoms with Crippen LogP contribution in [0.2, 0.25) is 0 Å². The fourth-order valence-corrected chi connectivity index (χ4v) is 3.80. The first-order valence-corrected chi connectivity index (χ1v) is 8.11. The standard InChI is InChI=1S/C16H30N2/c1-13(2)9-17-10-14-5-8-18(11-14)12-16(6-7-16)15-3-4-15/h13-15,17H,3-12H2,1-2H3. The third-order valence-corrected chi connectivity index (χ3v) is 5.23. The van der Waals surface area contributed by atoms with Crippen LogP contribution in [0.25, 0.3) is 0 Å². The van der Waals surface area contributed by atoms with Crippen LogP contribution in [0.1, 0.15) is 46.0 Å². The molecule has 104 valence electrons. The number of nitrogens with zero attached hydrogens (tertiary/aromatic N) is 1. The third-order valence-electron chi connectivity index (χ3n) is 5.23. The van der Waals surface area contributed by atoms with Crippen LogP contribution >= 0.6 is 0 Å². The lowest BCUT2D eigenvalue weighted by Crippen LogP contribution is -2.32. The van der Waals surface area contributed by atoms with Crippen molar-refractivity contribution in [2.45, 2.75) is 46.0 Å². The highest BCUT2D eigenvalue weighted by Crippen LogP contribution is 2.61. The van der Waals surface area contributed by atoms with Crippen LogP contribution in [-0.4, -0.2) is 37.6 Å². The number of rotatable bonds is 7. The quantitative estimate of drug-likeness (QED) is 0.747. The molecule has 3 rings (SSSR count). The predicted octanol–water partition coefficient (Wildman–Crippen LogP) is 2.74. The maximum atomic E-state index is 3.63. The molecule has 2 heteroatoms. The first-order chi connectivity index (χ1) is 8.68. The van der Waals surface area contributed by atoms with Gasteiger partial charge in [0.2, 0.25) is 0 Å². The van der Waals surface area contributed by atoms with E-state index in [1.165, 1.54) is 64.8 Å². The van der Waals surface area contributed by atoms with Crippen molar-refractivity contribution in [2.24, 2.45) is 23.2 Å². The van der Waals surface area contributed by atoms with Gasteiger partial charge in [0.25, 0.3) is 0 Å². The van der Waals surface area contributed by atoms with Crippen molar-refractivity contribution < 1.29 is 0 Å². The summed E-state index contributed by atoms with van der Waals surface area (Å²) in [6.07, 6.45) is 7.56. The SMILES string of the molecule is CC(C)CNCC1CCN(CC2(C3CC3)CC2)C1. The Hall–Kier alpha value is -0.0800. The Labute approximate surface area is 113 Å². The van der Waals surface area contributed by atoms with Crippen LogP contribution in [0.5, 0.6) is 0 Å². The van der Waals surface area contributed by atoms with E-state index in [0.717, 1.165) is 23.2 Å². The monoisotopic (exact) mass is 250 g/mol. The van der Waals surface area contributed by atoms with Crippen molar-refractivity contribution in [3.63, 3.8) is 0 Å². The highest BCUT2D eigenvalue weighted by Gasteiger charge is 2.54. The maximum Gasteiger partial charge on any atom is 0.00408 e. The zero-order valence-corrected chi connectivity index (χ0v) is 12.3. The molecule has 1 heterocycles. The van der Waals surface area contributed by atoms with Gasteiger partial charge >= 0.3 is 0 Å². The van der Waals surface area contributed by atoms with Crippen molar-refractivity contribution >= 4 is 0 Å². The predicted molar refractivity (Wildman–Crippen MR) is 76.6 cm³/mol. The summed E-state index contributed by atoms with van der Waals surface area (Å²) in [5, 5.41) is 3.63. The average Bonchev–Trinajstić information content (AvgIpc) is 3.18. The van der Waals surface area contributed by atoms with Gasteiger partial charge in [-0.3, -0.25) is 0 Å². The topological polar surface area (TPSA) is 15.3 Å². The van der Waals surface area contributed by atoms with Crippen LogP contribution in [-0.2, 0) is 0 Å². The Morgan fingerprint density at radius 2 is 2.00 bits per heavy atom. The van der Waals surface area contributed by atoms with Gasteiger partial charge < -0.3 is 10.2 Å². The van der Waals surface area contributed by atoms with E-state index in [-0.39, 0.29) is 0 Å². The highest BCUT2D eigenvalue weighted by molar-refractivity contribution is 5.06. The summed E-state index contributed by atoms with van der Waals surface area (Å²) in [5.41, 5.74) is 0.806. The van der Waals surface area contributed by atoms with Gasteiger partial charge in [0, 0.05) is 13.1 Å². The van der Waals surface area contributed by atoms with E-state index < -0.39 is 0 Å². The number of hydrogen-bond acceptors (Lipinski definition) is 2. The molecular weight excluding hydrogens is 220 g/mol. The van der Waals surface area contributed by atoms with Gasteiger partial charge in [-0.1, -0.05) is 13.8 Å². The zero-order chi connectivity index (χ0) is 12.6. The van der Waals surface area contributed by atoms with Crippen LogP contribution in [0, 0.1) is 23.2 Å². The summed E-state index contributed by atoms with van der Waals surface area (Å²) < 4.78 is 0. The van der Waals surface area contributed by atoms with Crippen molar-refractivity contribution in [1.29, 1.82) is 0 Å². The molecule has 3 aliphatic rings. The lowest BCUT2D eigenvalue weighted by Gasteiger charge is -2.23. The van der Waals surface area contributed by atoms with Crippen LogP contribution in [0.3, 0.4) is 0 Å². The molecule has 1 unspecified atom stereocenters. The van der Waals surface area contributed by atoms with Crippen LogP contribution < -0.4 is 5.32 Å². The van der Waals surface area contributed by atoms with E-state index in [4.69, 9.17) is 0 Å². The first-order valence-electron chi connectivity index (χ1n) is 8.11. The van der Waals surface area contributed by atoms with E-state index in [9.17, 15) is 0 Å². The Morgan fingerprint density at radius 1 is 1.22 bits per heavy atom. The lowest BCUT2D eigenvalue weighted by atomic mass is 10.00. The molecule has 0 aromatic carbocycles. The highest BCUT2D eigenvalue weighted by atomic mass is 15.2. The molecule has 2 saturated carbocycles. The number of likely N-dealkylation sites (tertiary alicyclic amines) is 1. The first kappa shape index (κ1) is 12.9. The molecule has 2 nitrogen and oxygen atoms in total. The number of nitrogens with one attached hydrogen (secondary N) is 1. The minimum atomic E-state index is 0.784. The second-order valence-electron chi connectivity index (χ2n) is 7.58. The molecule has 1 saturated heterocycles. The largest absolute Gasteiger partial charge is 0.316 e. The average molecular weight is 250 g/mol. The Balaban J connectivity index is 1.36. The summed E-state index contributed by atoms with van der Waals surface area (Å²) in [5.74, 6) is 2.82. The second-order valence-corrected chi connectivity index (χ2v) is 7.58. The van der Waals surface area contributed by atoms with Gasteiger partial charge in [-0.05, 0) is 74.9 Å². The molecule has 0 aromatic heterocycles. The molecule has 3 fully saturated rings. The second kappa shape index (κ2) is 5.13. The number of hydrogen-bond donors (Lipinski definition) is 1. The molecule has 1 atom stereocenters. The van der Waals surface area contributed by atoms with E-state index in [1.807, 2.05) is 0 Å². The normalized spacial score (nSPS) is 31.2. The van der Waals surface area contributed by atoms with E-state index in [2.05, 4.69) is 24.1 Å². The van der Waals surface area contributed by atoms with Gasteiger partial charge in [0.05, 0.1) is 0 Å². The minimum absolute atomic E-state index is 0.784. The lowest BCUT2D eigenvalue weighted by molar-refractivity contribution is 0.235. The fourth-order valence-electron chi connectivity index (χ4n) is 3.80. The van der Waals surface area contributed by atoms with Gasteiger partial charge in [-0.2, -0.15) is 0 Å². The summed E-state index contributed by atoms with van der Waals surface area (Å²) in [6, 6.07) is 0.